The van der Waals surface area contributed by atoms with Crippen molar-refractivity contribution < 1.29 is 0 Å². The number of hydrogen-bond acceptors (Lipinski definition) is 1. The highest BCUT2D eigenvalue weighted by atomic mass is 15.1. The Hall–Kier alpha value is -8.20. The molecule has 11 aromatic rings. The predicted octanol–water partition coefficient (Wildman–Crippen LogP) is 15.3. The van der Waals surface area contributed by atoms with Gasteiger partial charge in [0.1, 0.15) is 0 Å². The quantitative estimate of drug-likeness (QED) is 0.173. The summed E-state index contributed by atoms with van der Waals surface area (Å²) in [5.74, 6) is 0. The average Bonchev–Trinajstić information content (AvgIpc) is 4.05. The van der Waals surface area contributed by atoms with Gasteiger partial charge < -0.3 is 9.47 Å². The molecule has 0 N–H and O–H groups in total. The van der Waals surface area contributed by atoms with Gasteiger partial charge in [-0.1, -0.05) is 182 Å². The van der Waals surface area contributed by atoms with Gasteiger partial charge in [0, 0.05) is 27.8 Å². The van der Waals surface area contributed by atoms with E-state index in [2.05, 4.69) is 240 Å². The van der Waals surface area contributed by atoms with Crippen molar-refractivity contribution in [1.82, 2.24) is 4.57 Å². The molecule has 296 valence electrons. The highest BCUT2D eigenvalue weighted by molar-refractivity contribution is 6.14. The van der Waals surface area contributed by atoms with Gasteiger partial charge in [0.05, 0.1) is 27.6 Å². The molecule has 0 unspecified atom stereocenters. The van der Waals surface area contributed by atoms with E-state index in [0.29, 0.717) is 0 Å². The lowest BCUT2D eigenvalue weighted by Crippen LogP contribution is -2.33. The number of nitrogens with zero attached hydrogens (tertiary/aromatic N) is 2. The van der Waals surface area contributed by atoms with Crippen molar-refractivity contribution in [2.24, 2.45) is 0 Å². The Morgan fingerprint density at radius 1 is 0.281 bits per heavy atom. The van der Waals surface area contributed by atoms with E-state index in [-0.39, 0.29) is 0 Å². The first-order valence-corrected chi connectivity index (χ1v) is 22.4. The molecule has 4 aliphatic rings. The largest absolute Gasteiger partial charge is 0.310 e. The van der Waals surface area contributed by atoms with Crippen molar-refractivity contribution in [2.45, 2.75) is 10.8 Å². The van der Waals surface area contributed by atoms with Crippen LogP contribution in [0.15, 0.2) is 231 Å². The van der Waals surface area contributed by atoms with E-state index >= 15 is 0 Å². The van der Waals surface area contributed by atoms with Crippen LogP contribution in [-0.2, 0) is 10.8 Å². The second kappa shape index (κ2) is 12.2. The molecule has 10 aromatic carbocycles. The molecule has 15 rings (SSSR count). The smallest absolute Gasteiger partial charge is 0.0754 e. The standard InChI is InChI=1S/C62H38N2/c1-2-17-39(18-3-1)63(41-33-35-47-46-23-8-11-27-52(46)61(57(47)38-41)50-25-9-4-19-42(50)43-20-5-10-26-51(43)61)40-34-36-58-49(37-40)48-24-16-31-56-60(48)64(58)59-32-15-14-30-55(59)62(56)53-28-12-6-21-44(53)45-22-7-13-29-54(45)62/h1-38H. The van der Waals surface area contributed by atoms with Gasteiger partial charge in [-0.3, -0.25) is 0 Å². The first-order valence-electron chi connectivity index (χ1n) is 22.4. The molecule has 2 heterocycles. The van der Waals surface area contributed by atoms with Crippen molar-refractivity contribution in [1.29, 1.82) is 0 Å². The van der Waals surface area contributed by atoms with Gasteiger partial charge in [-0.25, -0.2) is 0 Å². The van der Waals surface area contributed by atoms with Crippen LogP contribution in [0.5, 0.6) is 0 Å². The minimum absolute atomic E-state index is 0.429. The summed E-state index contributed by atoms with van der Waals surface area (Å²) in [6, 6.07) is 86.8. The summed E-state index contributed by atoms with van der Waals surface area (Å²) >= 11 is 0. The maximum absolute atomic E-state index is 2.55. The zero-order chi connectivity index (χ0) is 41.7. The number of benzene rings is 10. The van der Waals surface area contributed by atoms with Crippen LogP contribution in [0.25, 0.3) is 60.9 Å². The zero-order valence-electron chi connectivity index (χ0n) is 34.8. The van der Waals surface area contributed by atoms with Crippen LogP contribution >= 0.6 is 0 Å². The Morgan fingerprint density at radius 2 is 0.719 bits per heavy atom. The molecule has 0 radical (unpaired) electrons. The van der Waals surface area contributed by atoms with Crippen LogP contribution in [0, 0.1) is 0 Å². The molecule has 0 bridgehead atoms. The Bertz CT molecular complexity index is 3700. The number of aromatic nitrogens is 1. The summed E-state index contributed by atoms with van der Waals surface area (Å²) in [7, 11) is 0. The van der Waals surface area contributed by atoms with Gasteiger partial charge in [-0.15, -0.1) is 0 Å². The van der Waals surface area contributed by atoms with Crippen molar-refractivity contribution in [2.75, 3.05) is 4.90 Å². The second-order valence-electron chi connectivity index (χ2n) is 17.9. The van der Waals surface area contributed by atoms with Crippen LogP contribution in [0.3, 0.4) is 0 Å². The van der Waals surface area contributed by atoms with Crippen LogP contribution < -0.4 is 4.90 Å². The summed E-state index contributed by atoms with van der Waals surface area (Å²) in [6.45, 7) is 0. The highest BCUT2D eigenvalue weighted by Crippen LogP contribution is 2.64. The van der Waals surface area contributed by atoms with E-state index in [1.54, 1.807) is 0 Å². The maximum atomic E-state index is 2.55. The van der Waals surface area contributed by atoms with E-state index in [1.807, 2.05) is 0 Å². The third-order valence-electron chi connectivity index (χ3n) is 15.2. The number of para-hydroxylation sites is 3. The lowest BCUT2D eigenvalue weighted by Gasteiger charge is -2.39. The van der Waals surface area contributed by atoms with Crippen LogP contribution in [-0.4, -0.2) is 4.57 Å². The molecule has 0 fully saturated rings. The Labute approximate surface area is 371 Å². The van der Waals surface area contributed by atoms with Gasteiger partial charge >= 0.3 is 0 Å². The number of fused-ring (bicyclic) bond motifs is 22. The van der Waals surface area contributed by atoms with Crippen LogP contribution in [0.4, 0.5) is 17.1 Å². The van der Waals surface area contributed by atoms with Crippen molar-refractivity contribution in [3.63, 3.8) is 0 Å². The molecule has 1 aliphatic heterocycles. The van der Waals surface area contributed by atoms with Gasteiger partial charge in [0.25, 0.3) is 0 Å². The van der Waals surface area contributed by atoms with E-state index in [0.717, 1.165) is 17.1 Å². The van der Waals surface area contributed by atoms with Gasteiger partial charge in [0.15, 0.2) is 0 Å². The summed E-state index contributed by atoms with van der Waals surface area (Å²) in [6.07, 6.45) is 0. The molecule has 1 aromatic heterocycles. The third kappa shape index (κ3) is 3.99. The summed E-state index contributed by atoms with van der Waals surface area (Å²) in [5.41, 5.74) is 24.9. The molecule has 0 saturated carbocycles. The van der Waals surface area contributed by atoms with E-state index in [9.17, 15) is 0 Å². The fourth-order valence-corrected chi connectivity index (χ4v) is 12.9. The molecular formula is C62H38N2. The van der Waals surface area contributed by atoms with Gasteiger partial charge in [-0.05, 0) is 126 Å². The Kier molecular flexibility index (Phi) is 6.58. The number of anilines is 3. The maximum Gasteiger partial charge on any atom is 0.0754 e. The summed E-state index contributed by atoms with van der Waals surface area (Å²) in [4.78, 5) is 2.47. The Balaban J connectivity index is 0.990. The molecule has 2 heteroatoms. The van der Waals surface area contributed by atoms with E-state index in [4.69, 9.17) is 0 Å². The molecule has 2 spiro atoms. The van der Waals surface area contributed by atoms with Crippen molar-refractivity contribution in [3.05, 3.63) is 275 Å². The topological polar surface area (TPSA) is 8.17 Å². The number of rotatable bonds is 3. The molecular weight excluding hydrogens is 773 g/mol. The number of hydrogen-bond donors (Lipinski definition) is 0. The molecule has 0 atom stereocenters. The first kappa shape index (κ1) is 34.4. The van der Waals surface area contributed by atoms with E-state index < -0.39 is 10.8 Å². The summed E-state index contributed by atoms with van der Waals surface area (Å²) < 4.78 is 2.55. The van der Waals surface area contributed by atoms with Crippen LogP contribution in [0.2, 0.25) is 0 Å². The predicted molar refractivity (Wildman–Crippen MR) is 263 cm³/mol. The van der Waals surface area contributed by atoms with Gasteiger partial charge in [-0.2, -0.15) is 0 Å². The fraction of sp³-hybridized carbons (Fsp3) is 0.0323. The molecule has 2 nitrogen and oxygen atoms in total. The van der Waals surface area contributed by atoms with Gasteiger partial charge in [0.2, 0.25) is 0 Å². The molecule has 3 aliphatic carbocycles. The first-order chi connectivity index (χ1) is 31.8. The lowest BCUT2D eigenvalue weighted by atomic mass is 9.65. The fourth-order valence-electron chi connectivity index (χ4n) is 12.9. The lowest BCUT2D eigenvalue weighted by molar-refractivity contribution is 0.748. The van der Waals surface area contributed by atoms with E-state index in [1.165, 1.54) is 105 Å². The monoisotopic (exact) mass is 810 g/mol. The molecule has 64 heavy (non-hydrogen) atoms. The third-order valence-corrected chi connectivity index (χ3v) is 15.2. The summed E-state index contributed by atoms with van der Waals surface area (Å²) in [5, 5.41) is 2.51. The SMILES string of the molecule is c1ccc(N(c2ccc3c(c2)C2(c4ccccc4-c4ccccc42)c2ccccc2-3)c2ccc3c(c2)c2cccc4c2n3-c2ccccc2C42c3ccccc3-c3ccccc32)cc1. The second-order valence-corrected chi connectivity index (χ2v) is 17.9. The van der Waals surface area contributed by atoms with Crippen molar-refractivity contribution >= 4 is 38.9 Å². The van der Waals surface area contributed by atoms with Crippen LogP contribution in [0.1, 0.15) is 44.5 Å². The molecule has 0 saturated heterocycles. The van der Waals surface area contributed by atoms with Crippen molar-refractivity contribution in [3.8, 4) is 39.1 Å². The molecule has 0 amide bonds. The highest BCUT2D eigenvalue weighted by Gasteiger charge is 2.53. The normalized spacial score (nSPS) is 14.5. The Morgan fingerprint density at radius 3 is 1.30 bits per heavy atom. The zero-order valence-corrected chi connectivity index (χ0v) is 34.8. The minimum Gasteiger partial charge on any atom is -0.310 e. The average molecular weight is 811 g/mol. The minimum atomic E-state index is -0.442.